The summed E-state index contributed by atoms with van der Waals surface area (Å²) in [4.78, 5) is 10.9. The summed E-state index contributed by atoms with van der Waals surface area (Å²) in [5.41, 5.74) is 2.56. The molecule has 0 aliphatic heterocycles. The van der Waals surface area contributed by atoms with E-state index in [0.29, 0.717) is 18.6 Å². The number of aliphatic carboxylic acids is 1. The number of hydrogen-bond acceptors (Lipinski definition) is 3. The quantitative estimate of drug-likeness (QED) is 0.772. The second kappa shape index (κ2) is 6.38. The van der Waals surface area contributed by atoms with E-state index in [9.17, 15) is 4.79 Å². The molecule has 0 amide bonds. The van der Waals surface area contributed by atoms with Gasteiger partial charge >= 0.3 is 5.97 Å². The Labute approximate surface area is 112 Å². The first-order valence-corrected chi connectivity index (χ1v) is 6.51. The van der Waals surface area contributed by atoms with Crippen LogP contribution in [0.4, 0.5) is 0 Å². The van der Waals surface area contributed by atoms with Gasteiger partial charge in [-0.3, -0.25) is 0 Å². The molecule has 0 aromatic heterocycles. The van der Waals surface area contributed by atoms with Gasteiger partial charge in [0.05, 0.1) is 6.61 Å². The molecule has 1 aromatic rings. The lowest BCUT2D eigenvalue weighted by Crippen LogP contribution is -2.07. The molecule has 0 heterocycles. The number of aliphatic hydroxyl groups excluding tert-OH is 1. The van der Waals surface area contributed by atoms with Crippen LogP contribution in [0.5, 0.6) is 5.75 Å². The fourth-order valence-corrected chi connectivity index (χ4v) is 2.13. The second-order valence-electron chi connectivity index (χ2n) is 4.61. The number of ether oxygens (including phenoxy) is 1. The smallest absolute Gasteiger partial charge is 0.331 e. The van der Waals surface area contributed by atoms with Gasteiger partial charge in [0.15, 0.2) is 0 Å². The molecule has 19 heavy (non-hydrogen) atoms. The van der Waals surface area contributed by atoms with E-state index >= 15 is 0 Å². The van der Waals surface area contributed by atoms with Crippen LogP contribution in [0, 0.1) is 0 Å². The van der Waals surface area contributed by atoms with Crippen molar-refractivity contribution < 1.29 is 19.7 Å². The number of carbonyl (C=O) groups is 1. The van der Waals surface area contributed by atoms with Crippen molar-refractivity contribution in [3.05, 3.63) is 34.9 Å². The van der Waals surface area contributed by atoms with Gasteiger partial charge in [0.2, 0.25) is 0 Å². The molecule has 0 saturated heterocycles. The lowest BCUT2D eigenvalue weighted by atomic mass is 9.92. The molecular formula is C15H18O4. The Hall–Kier alpha value is -1.81. The summed E-state index contributed by atoms with van der Waals surface area (Å²) in [6.07, 6.45) is 4.61. The highest BCUT2D eigenvalue weighted by Gasteiger charge is 2.15. The maximum Gasteiger partial charge on any atom is 0.331 e. The maximum absolute atomic E-state index is 10.9. The van der Waals surface area contributed by atoms with E-state index in [4.69, 9.17) is 14.9 Å². The predicted molar refractivity (Wildman–Crippen MR) is 72.2 cm³/mol. The van der Waals surface area contributed by atoms with Crippen LogP contribution in [0.2, 0.25) is 0 Å². The Kier molecular flexibility index (Phi) is 4.58. The highest BCUT2D eigenvalue weighted by atomic mass is 16.5. The zero-order valence-corrected chi connectivity index (χ0v) is 10.8. The van der Waals surface area contributed by atoms with E-state index in [2.05, 4.69) is 0 Å². The van der Waals surface area contributed by atoms with Gasteiger partial charge in [-0.05, 0) is 55.0 Å². The normalized spacial score (nSPS) is 13.6. The molecule has 1 aliphatic rings. The van der Waals surface area contributed by atoms with Crippen molar-refractivity contribution in [2.75, 3.05) is 13.2 Å². The first kappa shape index (κ1) is 13.6. The SMILES string of the molecule is O=C(O)C1=Cc2ccc(OCCCCO)cc2CC1. The monoisotopic (exact) mass is 262 g/mol. The molecule has 0 fully saturated rings. The van der Waals surface area contributed by atoms with Crippen LogP contribution in [-0.4, -0.2) is 29.4 Å². The van der Waals surface area contributed by atoms with Crippen molar-refractivity contribution in [1.82, 2.24) is 0 Å². The number of unbranched alkanes of at least 4 members (excludes halogenated alkanes) is 1. The number of hydrogen-bond donors (Lipinski definition) is 2. The Bertz CT molecular complexity index is 491. The van der Waals surface area contributed by atoms with Gasteiger partial charge in [0, 0.05) is 12.2 Å². The average molecular weight is 262 g/mol. The first-order valence-electron chi connectivity index (χ1n) is 6.51. The molecule has 0 atom stereocenters. The third-order valence-corrected chi connectivity index (χ3v) is 3.20. The molecule has 0 spiro atoms. The Morgan fingerprint density at radius 1 is 1.26 bits per heavy atom. The zero-order valence-electron chi connectivity index (χ0n) is 10.8. The van der Waals surface area contributed by atoms with Crippen LogP contribution < -0.4 is 4.74 Å². The van der Waals surface area contributed by atoms with Crippen LogP contribution in [-0.2, 0) is 11.2 Å². The molecule has 102 valence electrons. The second-order valence-corrected chi connectivity index (χ2v) is 4.61. The molecule has 4 heteroatoms. The lowest BCUT2D eigenvalue weighted by molar-refractivity contribution is -0.132. The van der Waals surface area contributed by atoms with Gasteiger partial charge in [-0.25, -0.2) is 4.79 Å². The predicted octanol–water partition coefficient (Wildman–Crippen LogP) is 2.25. The minimum absolute atomic E-state index is 0.191. The number of rotatable bonds is 6. The summed E-state index contributed by atoms with van der Waals surface area (Å²) in [5.74, 6) is -0.0288. The molecule has 0 bridgehead atoms. The van der Waals surface area contributed by atoms with Gasteiger partial charge in [-0.2, -0.15) is 0 Å². The number of fused-ring (bicyclic) bond motifs is 1. The van der Waals surface area contributed by atoms with Crippen LogP contribution in [0.15, 0.2) is 23.8 Å². The first-order chi connectivity index (χ1) is 9.20. The molecule has 1 aliphatic carbocycles. The Balaban J connectivity index is 2.03. The summed E-state index contributed by atoms with van der Waals surface area (Å²) >= 11 is 0. The average Bonchev–Trinajstić information content (AvgIpc) is 2.43. The molecule has 4 nitrogen and oxygen atoms in total. The minimum atomic E-state index is -0.838. The van der Waals surface area contributed by atoms with Gasteiger partial charge < -0.3 is 14.9 Å². The van der Waals surface area contributed by atoms with Gasteiger partial charge in [-0.15, -0.1) is 0 Å². The highest BCUT2D eigenvalue weighted by molar-refractivity contribution is 5.93. The fraction of sp³-hybridized carbons (Fsp3) is 0.400. The van der Waals surface area contributed by atoms with E-state index in [0.717, 1.165) is 36.1 Å². The van der Waals surface area contributed by atoms with Crippen LogP contribution in [0.25, 0.3) is 6.08 Å². The summed E-state index contributed by atoms with van der Waals surface area (Å²) in [5, 5.41) is 17.7. The fourth-order valence-electron chi connectivity index (χ4n) is 2.13. The number of carboxylic acid groups (broad SMARTS) is 1. The van der Waals surface area contributed by atoms with E-state index in [1.54, 1.807) is 6.08 Å². The van der Waals surface area contributed by atoms with Crippen molar-refractivity contribution >= 4 is 12.0 Å². The molecule has 2 rings (SSSR count). The van der Waals surface area contributed by atoms with E-state index < -0.39 is 5.97 Å². The molecule has 0 saturated carbocycles. The summed E-state index contributed by atoms with van der Waals surface area (Å²) in [7, 11) is 0. The van der Waals surface area contributed by atoms with Crippen LogP contribution in [0.3, 0.4) is 0 Å². The highest BCUT2D eigenvalue weighted by Crippen LogP contribution is 2.27. The van der Waals surface area contributed by atoms with Crippen molar-refractivity contribution in [2.45, 2.75) is 25.7 Å². The molecular weight excluding hydrogens is 244 g/mol. The van der Waals surface area contributed by atoms with Crippen molar-refractivity contribution in [2.24, 2.45) is 0 Å². The van der Waals surface area contributed by atoms with E-state index in [-0.39, 0.29) is 6.61 Å². The van der Waals surface area contributed by atoms with Gasteiger partial charge in [0.25, 0.3) is 0 Å². The third-order valence-electron chi connectivity index (χ3n) is 3.20. The third kappa shape index (κ3) is 3.58. The topological polar surface area (TPSA) is 66.8 Å². The molecule has 0 unspecified atom stereocenters. The maximum atomic E-state index is 10.9. The summed E-state index contributed by atoms with van der Waals surface area (Å²) in [6.45, 7) is 0.784. The summed E-state index contributed by atoms with van der Waals surface area (Å²) in [6, 6.07) is 5.74. The molecule has 2 N–H and O–H groups in total. The molecule has 1 aromatic carbocycles. The van der Waals surface area contributed by atoms with Gasteiger partial charge in [0.1, 0.15) is 5.75 Å². The van der Waals surface area contributed by atoms with Crippen molar-refractivity contribution in [3.8, 4) is 5.75 Å². The van der Waals surface area contributed by atoms with Crippen LogP contribution in [0.1, 0.15) is 30.4 Å². The van der Waals surface area contributed by atoms with Gasteiger partial charge in [-0.1, -0.05) is 6.07 Å². The summed E-state index contributed by atoms with van der Waals surface area (Å²) < 4.78 is 5.60. The Morgan fingerprint density at radius 2 is 2.11 bits per heavy atom. The van der Waals surface area contributed by atoms with Crippen molar-refractivity contribution in [1.29, 1.82) is 0 Å². The number of benzene rings is 1. The lowest BCUT2D eigenvalue weighted by Gasteiger charge is -2.15. The van der Waals surface area contributed by atoms with E-state index in [1.165, 1.54) is 0 Å². The van der Waals surface area contributed by atoms with Crippen LogP contribution >= 0.6 is 0 Å². The zero-order chi connectivity index (χ0) is 13.7. The largest absolute Gasteiger partial charge is 0.494 e. The number of aryl methyl sites for hydroxylation is 1. The van der Waals surface area contributed by atoms with Crippen molar-refractivity contribution in [3.63, 3.8) is 0 Å². The molecule has 0 radical (unpaired) electrons. The standard InChI is InChI=1S/C15H18O4/c16-7-1-2-8-19-14-6-5-11-9-13(15(17)18)4-3-12(11)10-14/h5-6,9-10,16H,1-4,7-8H2,(H,17,18). The Morgan fingerprint density at radius 3 is 2.84 bits per heavy atom. The minimum Gasteiger partial charge on any atom is -0.494 e. The number of aliphatic hydroxyl groups is 1. The number of carboxylic acids is 1. The van der Waals surface area contributed by atoms with E-state index in [1.807, 2.05) is 18.2 Å².